The van der Waals surface area contributed by atoms with E-state index in [1.165, 1.54) is 12.1 Å². The monoisotopic (exact) mass is 264 g/mol. The van der Waals surface area contributed by atoms with Gasteiger partial charge in [-0.2, -0.15) is 0 Å². The van der Waals surface area contributed by atoms with E-state index in [1.54, 1.807) is 12.1 Å². The molecule has 0 bridgehead atoms. The van der Waals surface area contributed by atoms with Gasteiger partial charge in [0.1, 0.15) is 0 Å². The highest BCUT2D eigenvalue weighted by molar-refractivity contribution is 5.34. The average molecular weight is 264 g/mol. The van der Waals surface area contributed by atoms with Gasteiger partial charge < -0.3 is 10.4 Å². The number of hydrogen-bond donors (Lipinski definition) is 2. The van der Waals surface area contributed by atoms with Gasteiger partial charge in [0.25, 0.3) is 5.69 Å². The molecule has 5 nitrogen and oxygen atoms in total. The van der Waals surface area contributed by atoms with E-state index in [0.717, 1.165) is 31.2 Å². The highest BCUT2D eigenvalue weighted by Gasteiger charge is 2.31. The molecule has 2 rings (SSSR count). The summed E-state index contributed by atoms with van der Waals surface area (Å²) in [6.45, 7) is 2.57. The summed E-state index contributed by atoms with van der Waals surface area (Å²) in [6.07, 6.45) is 3.88. The van der Waals surface area contributed by atoms with Crippen molar-refractivity contribution >= 4 is 5.69 Å². The Bertz CT molecular complexity index is 439. The van der Waals surface area contributed by atoms with Crippen molar-refractivity contribution in [3.63, 3.8) is 0 Å². The molecule has 1 atom stereocenters. The topological polar surface area (TPSA) is 75.4 Å². The molecule has 1 aliphatic carbocycles. The Morgan fingerprint density at radius 3 is 2.47 bits per heavy atom. The Balaban J connectivity index is 1.92. The Labute approximate surface area is 112 Å². The van der Waals surface area contributed by atoms with Gasteiger partial charge in [0.15, 0.2) is 0 Å². The van der Waals surface area contributed by atoms with Crippen LogP contribution >= 0.6 is 0 Å². The van der Waals surface area contributed by atoms with Crippen molar-refractivity contribution in [2.24, 2.45) is 0 Å². The molecular formula is C14H20N2O3. The zero-order valence-electron chi connectivity index (χ0n) is 11.1. The van der Waals surface area contributed by atoms with Crippen LogP contribution in [0.1, 0.15) is 44.2 Å². The van der Waals surface area contributed by atoms with Gasteiger partial charge >= 0.3 is 0 Å². The Kier molecular flexibility index (Phi) is 4.17. The highest BCUT2D eigenvalue weighted by Crippen LogP contribution is 2.29. The second kappa shape index (κ2) is 5.67. The van der Waals surface area contributed by atoms with E-state index in [9.17, 15) is 15.2 Å². The molecule has 0 radical (unpaired) electrons. The number of aliphatic hydroxyl groups is 1. The molecule has 1 aromatic carbocycles. The fourth-order valence-electron chi connectivity index (χ4n) is 2.56. The molecule has 0 aromatic heterocycles. The van der Waals surface area contributed by atoms with Crippen LogP contribution in [0.2, 0.25) is 0 Å². The first-order chi connectivity index (χ1) is 9.00. The summed E-state index contributed by atoms with van der Waals surface area (Å²) < 4.78 is 0. The molecule has 1 unspecified atom stereocenters. The summed E-state index contributed by atoms with van der Waals surface area (Å²) in [7, 11) is 0. The lowest BCUT2D eigenvalue weighted by molar-refractivity contribution is -0.384. The predicted octanol–water partition coefficient (Wildman–Crippen LogP) is 2.55. The molecule has 0 saturated heterocycles. The first-order valence-corrected chi connectivity index (χ1v) is 6.70. The third-order valence-electron chi connectivity index (χ3n) is 3.88. The Morgan fingerprint density at radius 2 is 1.95 bits per heavy atom. The summed E-state index contributed by atoms with van der Waals surface area (Å²) in [5.74, 6) is 0. The number of non-ortho nitro benzene ring substituents is 1. The van der Waals surface area contributed by atoms with Crippen molar-refractivity contribution in [2.75, 3.05) is 6.54 Å². The van der Waals surface area contributed by atoms with E-state index in [-0.39, 0.29) is 11.7 Å². The minimum absolute atomic E-state index is 0.0745. The maximum Gasteiger partial charge on any atom is 0.269 e. The van der Waals surface area contributed by atoms with Crippen molar-refractivity contribution in [2.45, 2.75) is 44.2 Å². The lowest BCUT2D eigenvalue weighted by Gasteiger charge is -2.25. The van der Waals surface area contributed by atoms with E-state index in [4.69, 9.17) is 0 Å². The van der Waals surface area contributed by atoms with Crippen LogP contribution in [0.5, 0.6) is 0 Å². The second-order valence-electron chi connectivity index (χ2n) is 5.38. The number of nitrogens with one attached hydrogen (secondary N) is 1. The van der Waals surface area contributed by atoms with Crippen LogP contribution in [0.3, 0.4) is 0 Å². The fraction of sp³-hybridized carbons (Fsp3) is 0.571. The van der Waals surface area contributed by atoms with Gasteiger partial charge in [-0.3, -0.25) is 10.1 Å². The molecule has 0 amide bonds. The van der Waals surface area contributed by atoms with Gasteiger partial charge in [-0.1, -0.05) is 25.0 Å². The molecule has 0 heterocycles. The van der Waals surface area contributed by atoms with Gasteiger partial charge in [-0.05, 0) is 25.3 Å². The zero-order chi connectivity index (χ0) is 13.9. The molecule has 19 heavy (non-hydrogen) atoms. The fourth-order valence-corrected chi connectivity index (χ4v) is 2.56. The van der Waals surface area contributed by atoms with E-state index in [2.05, 4.69) is 5.32 Å². The van der Waals surface area contributed by atoms with Crippen molar-refractivity contribution in [3.05, 3.63) is 39.9 Å². The molecule has 5 heteroatoms. The molecule has 0 aliphatic heterocycles. The minimum atomic E-state index is -0.574. The lowest BCUT2D eigenvalue weighted by atomic mass is 10.0. The van der Waals surface area contributed by atoms with Crippen molar-refractivity contribution in [1.29, 1.82) is 0 Å². The van der Waals surface area contributed by atoms with Gasteiger partial charge in [0, 0.05) is 24.7 Å². The number of hydrogen-bond acceptors (Lipinski definition) is 4. The third-order valence-corrected chi connectivity index (χ3v) is 3.88. The van der Waals surface area contributed by atoms with Gasteiger partial charge in [0.05, 0.1) is 10.5 Å². The summed E-state index contributed by atoms with van der Waals surface area (Å²) in [5, 5.41) is 24.1. The normalized spacial score (nSPS) is 19.3. The van der Waals surface area contributed by atoms with Gasteiger partial charge in [0.2, 0.25) is 0 Å². The second-order valence-corrected chi connectivity index (χ2v) is 5.38. The molecule has 0 spiro atoms. The van der Waals surface area contributed by atoms with Crippen LogP contribution in [0.25, 0.3) is 0 Å². The van der Waals surface area contributed by atoms with Crippen molar-refractivity contribution in [3.8, 4) is 0 Å². The molecule has 1 fully saturated rings. The SMILES string of the molecule is CC(NCC1(O)CCCC1)c1ccc([N+](=O)[O-])cc1. The maximum absolute atomic E-state index is 10.6. The van der Waals surface area contributed by atoms with Crippen LogP contribution in [0, 0.1) is 10.1 Å². The van der Waals surface area contributed by atoms with Crippen molar-refractivity contribution < 1.29 is 10.0 Å². The predicted molar refractivity (Wildman–Crippen MR) is 72.9 cm³/mol. The van der Waals surface area contributed by atoms with Gasteiger partial charge in [-0.25, -0.2) is 0 Å². The van der Waals surface area contributed by atoms with Crippen LogP contribution in [0.4, 0.5) is 5.69 Å². The quantitative estimate of drug-likeness (QED) is 0.633. The number of nitrogens with zero attached hydrogens (tertiary/aromatic N) is 1. The van der Waals surface area contributed by atoms with Gasteiger partial charge in [-0.15, -0.1) is 0 Å². The molecule has 104 valence electrons. The summed E-state index contributed by atoms with van der Waals surface area (Å²) in [5.41, 5.74) is 0.521. The number of nitro benzene ring substituents is 1. The first-order valence-electron chi connectivity index (χ1n) is 6.70. The molecule has 1 aromatic rings. The average Bonchev–Trinajstić information content (AvgIpc) is 2.83. The van der Waals surface area contributed by atoms with E-state index in [0.29, 0.717) is 6.54 Å². The summed E-state index contributed by atoms with van der Waals surface area (Å²) in [4.78, 5) is 10.2. The van der Waals surface area contributed by atoms with E-state index in [1.807, 2.05) is 6.92 Å². The van der Waals surface area contributed by atoms with Crippen LogP contribution < -0.4 is 5.32 Å². The highest BCUT2D eigenvalue weighted by atomic mass is 16.6. The molecule has 1 saturated carbocycles. The largest absolute Gasteiger partial charge is 0.389 e. The third kappa shape index (κ3) is 3.52. The first kappa shape index (κ1) is 14.0. The number of benzene rings is 1. The molecular weight excluding hydrogens is 244 g/mol. The van der Waals surface area contributed by atoms with E-state index >= 15 is 0 Å². The smallest absolute Gasteiger partial charge is 0.269 e. The van der Waals surface area contributed by atoms with Crippen molar-refractivity contribution in [1.82, 2.24) is 5.32 Å². The number of nitro groups is 1. The standard InChI is InChI=1S/C14H20N2O3/c1-11(15-10-14(17)8-2-3-9-14)12-4-6-13(7-5-12)16(18)19/h4-7,11,15,17H,2-3,8-10H2,1H3. The Morgan fingerprint density at radius 1 is 1.37 bits per heavy atom. The summed E-state index contributed by atoms with van der Waals surface area (Å²) in [6, 6.07) is 6.61. The Hall–Kier alpha value is -1.46. The maximum atomic E-state index is 10.6. The number of rotatable bonds is 5. The van der Waals surface area contributed by atoms with Crippen LogP contribution in [-0.4, -0.2) is 22.2 Å². The zero-order valence-corrected chi connectivity index (χ0v) is 11.1. The van der Waals surface area contributed by atoms with Crippen LogP contribution in [-0.2, 0) is 0 Å². The molecule has 1 aliphatic rings. The molecule has 2 N–H and O–H groups in total. The van der Waals surface area contributed by atoms with E-state index < -0.39 is 10.5 Å². The summed E-state index contributed by atoms with van der Waals surface area (Å²) >= 11 is 0. The van der Waals surface area contributed by atoms with Crippen LogP contribution in [0.15, 0.2) is 24.3 Å². The lowest BCUT2D eigenvalue weighted by Crippen LogP contribution is -2.39. The minimum Gasteiger partial charge on any atom is -0.389 e.